The van der Waals surface area contributed by atoms with Crippen LogP contribution in [0.2, 0.25) is 0 Å². The number of fused-ring (bicyclic) bond motifs is 3. The molecule has 0 spiro atoms. The molecule has 0 amide bonds. The Balaban J connectivity index is 1.56. The van der Waals surface area contributed by atoms with Gasteiger partial charge in [-0.15, -0.1) is 5.10 Å². The van der Waals surface area contributed by atoms with Gasteiger partial charge in [0.05, 0.1) is 19.8 Å². The number of carbonyl (C=O) groups is 1. The molecule has 0 fully saturated rings. The van der Waals surface area contributed by atoms with Crippen LogP contribution in [0.5, 0.6) is 17.4 Å². The number of ether oxygens (including phenoxy) is 3. The summed E-state index contributed by atoms with van der Waals surface area (Å²) in [5.41, 5.74) is 3.63. The van der Waals surface area contributed by atoms with Crippen molar-refractivity contribution in [3.63, 3.8) is 0 Å². The monoisotopic (exact) mass is 482 g/mol. The van der Waals surface area contributed by atoms with E-state index in [4.69, 9.17) is 19.2 Å². The van der Waals surface area contributed by atoms with Gasteiger partial charge in [0.1, 0.15) is 12.1 Å². The lowest BCUT2D eigenvalue weighted by Gasteiger charge is -2.37. The van der Waals surface area contributed by atoms with Crippen molar-refractivity contribution in [3.8, 4) is 28.8 Å². The van der Waals surface area contributed by atoms with Crippen LogP contribution in [0.1, 0.15) is 43.7 Å². The Morgan fingerprint density at radius 1 is 1.03 bits per heavy atom. The molecule has 1 atom stereocenters. The molecule has 0 radical (unpaired) electrons. The van der Waals surface area contributed by atoms with Crippen molar-refractivity contribution >= 4 is 11.4 Å². The van der Waals surface area contributed by atoms with E-state index >= 15 is 0 Å². The zero-order chi connectivity index (χ0) is 25.0. The summed E-state index contributed by atoms with van der Waals surface area (Å²) in [5, 5.41) is 4.69. The minimum absolute atomic E-state index is 0.0994. The fourth-order valence-corrected chi connectivity index (χ4v) is 5.22. The number of allylic oxidation sites excluding steroid dienone is 2. The summed E-state index contributed by atoms with van der Waals surface area (Å²) in [6, 6.07) is 15.5. The zero-order valence-electron chi connectivity index (χ0n) is 20.6. The Labute approximate surface area is 208 Å². The Bertz CT molecular complexity index is 1540. The fraction of sp³-hybridized carbons (Fsp3) is 0.286. The molecule has 8 nitrogen and oxygen atoms in total. The third kappa shape index (κ3) is 3.52. The molecule has 0 saturated heterocycles. The predicted octanol–water partition coefficient (Wildman–Crippen LogP) is 4.98. The fourth-order valence-electron chi connectivity index (χ4n) is 5.22. The van der Waals surface area contributed by atoms with Crippen molar-refractivity contribution in [2.45, 2.75) is 32.6 Å². The van der Waals surface area contributed by atoms with E-state index in [0.717, 1.165) is 16.7 Å². The lowest BCUT2D eigenvalue weighted by Crippen LogP contribution is -2.33. The average Bonchev–Trinajstić information content (AvgIpc) is 3.31. The number of hydrogen-bond acceptors (Lipinski definition) is 7. The topological polar surface area (TPSA) is 87.8 Å². The van der Waals surface area contributed by atoms with E-state index in [9.17, 15) is 4.79 Å². The highest BCUT2D eigenvalue weighted by atomic mass is 16.5. The summed E-state index contributed by atoms with van der Waals surface area (Å²) in [5.74, 6) is 2.65. The maximum absolute atomic E-state index is 13.5. The average molecular weight is 483 g/mol. The third-order valence-corrected chi connectivity index (χ3v) is 6.84. The smallest absolute Gasteiger partial charge is 0.228 e. The van der Waals surface area contributed by atoms with Gasteiger partial charge in [-0.3, -0.25) is 4.79 Å². The highest BCUT2D eigenvalue weighted by Crippen LogP contribution is 2.50. The van der Waals surface area contributed by atoms with Crippen molar-refractivity contribution in [1.29, 1.82) is 0 Å². The molecule has 1 aliphatic carbocycles. The summed E-state index contributed by atoms with van der Waals surface area (Å²) < 4.78 is 18.8. The van der Waals surface area contributed by atoms with Crippen molar-refractivity contribution in [2.75, 3.05) is 14.2 Å². The van der Waals surface area contributed by atoms with Crippen LogP contribution >= 0.6 is 0 Å². The quantitative estimate of drug-likeness (QED) is 0.406. The van der Waals surface area contributed by atoms with E-state index in [2.05, 4.69) is 23.9 Å². The zero-order valence-corrected chi connectivity index (χ0v) is 20.6. The summed E-state index contributed by atoms with van der Waals surface area (Å²) >= 11 is 0. The Kier molecular flexibility index (Phi) is 5.07. The minimum Gasteiger partial charge on any atom is -0.493 e. The molecule has 2 aromatic carbocycles. The van der Waals surface area contributed by atoms with Crippen molar-refractivity contribution in [1.82, 2.24) is 19.6 Å². The van der Waals surface area contributed by atoms with Gasteiger partial charge in [-0.2, -0.15) is 0 Å². The maximum atomic E-state index is 13.5. The van der Waals surface area contributed by atoms with Gasteiger partial charge in [0.15, 0.2) is 28.8 Å². The summed E-state index contributed by atoms with van der Waals surface area (Å²) in [6.45, 7) is 4.19. The summed E-state index contributed by atoms with van der Waals surface area (Å²) in [6.07, 6.45) is 2.75. The molecule has 36 heavy (non-hydrogen) atoms. The van der Waals surface area contributed by atoms with Gasteiger partial charge in [0.2, 0.25) is 5.88 Å². The van der Waals surface area contributed by atoms with Gasteiger partial charge in [0.25, 0.3) is 0 Å². The Morgan fingerprint density at radius 2 is 1.81 bits per heavy atom. The molecule has 2 aromatic heterocycles. The van der Waals surface area contributed by atoms with E-state index in [1.165, 1.54) is 0 Å². The number of rotatable bonds is 4. The standard InChI is InChI=1S/C28H26N4O4/c1-28(2)13-18(33)23-21(14-28)36-27-24(22(23)16-8-6-5-7-9-16)26-30-25(31-32(26)15-29-27)17-10-11-19(34-3)20(12-17)35-4/h5-12,15,22H,13-14H2,1-4H3/t22-/m0/s1. The van der Waals surface area contributed by atoms with Crippen LogP contribution in [0, 0.1) is 5.41 Å². The second-order valence-electron chi connectivity index (χ2n) is 9.96. The van der Waals surface area contributed by atoms with Gasteiger partial charge in [-0.25, -0.2) is 14.5 Å². The van der Waals surface area contributed by atoms with Gasteiger partial charge in [-0.1, -0.05) is 44.2 Å². The van der Waals surface area contributed by atoms with Crippen molar-refractivity contribution in [3.05, 3.63) is 77.3 Å². The minimum atomic E-state index is -0.341. The molecule has 2 aliphatic rings. The van der Waals surface area contributed by atoms with Crippen LogP contribution in [0.25, 0.3) is 17.0 Å². The van der Waals surface area contributed by atoms with Crippen molar-refractivity contribution < 1.29 is 19.0 Å². The van der Waals surface area contributed by atoms with Crippen LogP contribution in [0.4, 0.5) is 0 Å². The van der Waals surface area contributed by atoms with Gasteiger partial charge >= 0.3 is 0 Å². The SMILES string of the molecule is COc1ccc(-c2nc3c4c(ncn3n2)OC2=C(C(=O)CC(C)(C)C2)[C@@H]4c2ccccc2)cc1OC. The van der Waals surface area contributed by atoms with E-state index < -0.39 is 0 Å². The van der Waals surface area contributed by atoms with Crippen LogP contribution < -0.4 is 14.2 Å². The number of carbonyl (C=O) groups excluding carboxylic acids is 1. The number of nitrogens with zero attached hydrogens (tertiary/aromatic N) is 4. The van der Waals surface area contributed by atoms with Crippen LogP contribution in [0.3, 0.4) is 0 Å². The molecule has 6 rings (SSSR count). The van der Waals surface area contributed by atoms with E-state index in [1.807, 2.05) is 48.5 Å². The maximum Gasteiger partial charge on any atom is 0.228 e. The first kappa shape index (κ1) is 22.3. The molecule has 0 bridgehead atoms. The number of ketones is 1. The van der Waals surface area contributed by atoms with Crippen LogP contribution in [0.15, 0.2) is 66.2 Å². The summed E-state index contributed by atoms with van der Waals surface area (Å²) in [7, 11) is 3.19. The number of aromatic nitrogens is 4. The lowest BCUT2D eigenvalue weighted by molar-refractivity contribution is -0.118. The van der Waals surface area contributed by atoms with Gasteiger partial charge in [-0.05, 0) is 29.2 Å². The Hall–Kier alpha value is -4.20. The summed E-state index contributed by atoms with van der Waals surface area (Å²) in [4.78, 5) is 23.0. The first-order chi connectivity index (χ1) is 17.4. The number of methoxy groups -OCH3 is 2. The normalized spacial score (nSPS) is 18.4. The second-order valence-corrected chi connectivity index (χ2v) is 9.96. The third-order valence-electron chi connectivity index (χ3n) is 6.84. The Morgan fingerprint density at radius 3 is 2.56 bits per heavy atom. The molecule has 8 heteroatoms. The van der Waals surface area contributed by atoms with E-state index in [1.54, 1.807) is 25.1 Å². The first-order valence-electron chi connectivity index (χ1n) is 11.9. The van der Waals surface area contributed by atoms with E-state index in [-0.39, 0.29) is 17.1 Å². The molecule has 0 saturated carbocycles. The highest BCUT2D eigenvalue weighted by Gasteiger charge is 2.43. The predicted molar refractivity (Wildman–Crippen MR) is 133 cm³/mol. The number of Topliss-reactive ketones (excluding diaryl/α,β-unsaturated/α-hetero) is 1. The molecule has 182 valence electrons. The van der Waals surface area contributed by atoms with Gasteiger partial charge < -0.3 is 14.2 Å². The van der Waals surface area contributed by atoms with Gasteiger partial charge in [0, 0.05) is 29.9 Å². The molecule has 4 aromatic rings. The molecule has 0 N–H and O–H groups in total. The molecular weight excluding hydrogens is 456 g/mol. The number of hydrogen-bond donors (Lipinski definition) is 0. The largest absolute Gasteiger partial charge is 0.493 e. The highest BCUT2D eigenvalue weighted by molar-refractivity contribution is 6.00. The van der Waals surface area contributed by atoms with Crippen molar-refractivity contribution in [2.24, 2.45) is 5.41 Å². The van der Waals surface area contributed by atoms with Crippen LogP contribution in [-0.4, -0.2) is 39.6 Å². The lowest BCUT2D eigenvalue weighted by atomic mass is 9.70. The first-order valence-corrected chi connectivity index (χ1v) is 11.9. The molecule has 1 aliphatic heterocycles. The van der Waals surface area contributed by atoms with Crippen LogP contribution in [-0.2, 0) is 4.79 Å². The molecule has 3 heterocycles. The molecule has 0 unspecified atom stereocenters. The van der Waals surface area contributed by atoms with E-state index in [0.29, 0.717) is 53.0 Å². The number of benzene rings is 2. The molecular formula is C28H26N4O4. The second kappa shape index (κ2) is 8.19.